The molecule has 0 radical (unpaired) electrons. The van der Waals surface area contributed by atoms with Gasteiger partial charge in [0.25, 0.3) is 5.95 Å². The van der Waals surface area contributed by atoms with Crippen LogP contribution in [0.15, 0.2) is 0 Å². The average Bonchev–Trinajstić information content (AvgIpc) is 1.85. The van der Waals surface area contributed by atoms with Gasteiger partial charge in [0, 0.05) is 0 Å². The Morgan fingerprint density at radius 1 is 1.30 bits per heavy atom. The molecule has 0 fully saturated rings. The number of aryl methyl sites for hydroxylation is 1. The van der Waals surface area contributed by atoms with Crippen molar-refractivity contribution in [2.24, 2.45) is 0 Å². The first-order chi connectivity index (χ1) is 3.70. The molecule has 60 valence electrons. The SMILES string of the molecule is C.C.Cc1nc(F)c(F)s1. The second-order valence-corrected chi connectivity index (χ2v) is 2.45. The van der Waals surface area contributed by atoms with E-state index in [0.29, 0.717) is 16.3 Å². The third kappa shape index (κ3) is 2.39. The van der Waals surface area contributed by atoms with E-state index in [-0.39, 0.29) is 14.9 Å². The Bertz CT molecular complexity index is 178. The predicted molar refractivity (Wildman–Crippen MR) is 40.2 cm³/mol. The van der Waals surface area contributed by atoms with Crippen molar-refractivity contribution in [1.82, 2.24) is 4.98 Å². The molecule has 0 N–H and O–H groups in total. The topological polar surface area (TPSA) is 12.9 Å². The molecule has 1 heterocycles. The summed E-state index contributed by atoms with van der Waals surface area (Å²) in [6.45, 7) is 1.55. The molecule has 0 atom stereocenters. The van der Waals surface area contributed by atoms with Crippen LogP contribution in [-0.2, 0) is 0 Å². The van der Waals surface area contributed by atoms with Crippen molar-refractivity contribution in [1.29, 1.82) is 0 Å². The minimum Gasteiger partial charge on any atom is -0.211 e. The van der Waals surface area contributed by atoms with Crippen molar-refractivity contribution >= 4 is 11.3 Å². The summed E-state index contributed by atoms with van der Waals surface area (Å²) in [5.74, 6) is -0.993. The van der Waals surface area contributed by atoms with Crippen LogP contribution in [0.3, 0.4) is 0 Å². The maximum absolute atomic E-state index is 11.9. The summed E-state index contributed by atoms with van der Waals surface area (Å²) < 4.78 is 23.8. The van der Waals surface area contributed by atoms with Gasteiger partial charge in [-0.25, -0.2) is 4.98 Å². The van der Waals surface area contributed by atoms with Crippen molar-refractivity contribution in [3.63, 3.8) is 0 Å². The summed E-state index contributed by atoms with van der Waals surface area (Å²) in [5.41, 5.74) is 0. The largest absolute Gasteiger partial charge is 0.260 e. The third-order valence-corrected chi connectivity index (χ3v) is 1.39. The van der Waals surface area contributed by atoms with E-state index in [0.717, 1.165) is 0 Å². The molecule has 0 aliphatic rings. The number of rotatable bonds is 0. The van der Waals surface area contributed by atoms with Gasteiger partial charge in [0.2, 0.25) is 5.13 Å². The van der Waals surface area contributed by atoms with E-state index in [4.69, 9.17) is 0 Å². The Morgan fingerprint density at radius 2 is 1.80 bits per heavy atom. The number of hydrogen-bond donors (Lipinski definition) is 0. The van der Waals surface area contributed by atoms with Crippen molar-refractivity contribution in [3.8, 4) is 0 Å². The van der Waals surface area contributed by atoms with Crippen LogP contribution in [0.1, 0.15) is 19.9 Å². The molecule has 0 saturated carbocycles. The number of nitrogens with zero attached hydrogens (tertiary/aromatic N) is 1. The Kier molecular flexibility index (Phi) is 5.28. The van der Waals surface area contributed by atoms with E-state index in [1.54, 1.807) is 6.92 Å². The molecule has 1 aromatic heterocycles. The smallest absolute Gasteiger partial charge is 0.211 e. The molecule has 4 heteroatoms. The van der Waals surface area contributed by atoms with Crippen molar-refractivity contribution in [3.05, 3.63) is 16.1 Å². The molecule has 0 unspecified atom stereocenters. The number of halogens is 2. The number of aromatic nitrogens is 1. The van der Waals surface area contributed by atoms with Gasteiger partial charge in [0.15, 0.2) is 0 Å². The molecule has 0 aliphatic heterocycles. The Balaban J connectivity index is 0. The molecule has 0 aliphatic carbocycles. The van der Waals surface area contributed by atoms with Crippen LogP contribution in [0.4, 0.5) is 8.78 Å². The second kappa shape index (κ2) is 4.33. The standard InChI is InChI=1S/C4H3F2NS.2CH4/c1-2-7-3(5)4(6)8-2;;/h1H3;2*1H4. The van der Waals surface area contributed by atoms with Crippen LogP contribution < -0.4 is 0 Å². The molecule has 0 aromatic carbocycles. The molecule has 0 bridgehead atoms. The normalized spacial score (nSPS) is 7.90. The zero-order valence-electron chi connectivity index (χ0n) is 4.11. The van der Waals surface area contributed by atoms with E-state index in [1.165, 1.54) is 0 Å². The maximum Gasteiger partial charge on any atom is 0.260 e. The molecule has 0 saturated heterocycles. The van der Waals surface area contributed by atoms with Gasteiger partial charge < -0.3 is 0 Å². The minimum absolute atomic E-state index is 0. The first kappa shape index (κ1) is 12.2. The fraction of sp³-hybridized carbons (Fsp3) is 0.500. The van der Waals surface area contributed by atoms with Gasteiger partial charge in [-0.3, -0.25) is 0 Å². The van der Waals surface area contributed by atoms with Crippen LogP contribution in [0.5, 0.6) is 0 Å². The fourth-order valence-corrected chi connectivity index (χ4v) is 0.892. The summed E-state index contributed by atoms with van der Waals surface area (Å²) in [6, 6.07) is 0. The third-order valence-electron chi connectivity index (χ3n) is 0.655. The molecule has 0 spiro atoms. The molecule has 1 rings (SSSR count). The second-order valence-electron chi connectivity index (χ2n) is 1.30. The molecular formula is C6H11F2NS. The molecule has 10 heavy (non-hydrogen) atoms. The fourth-order valence-electron chi connectivity index (χ4n) is 0.377. The number of hydrogen-bond acceptors (Lipinski definition) is 2. The quantitative estimate of drug-likeness (QED) is 0.578. The van der Waals surface area contributed by atoms with Gasteiger partial charge >= 0.3 is 0 Å². The van der Waals surface area contributed by atoms with Crippen molar-refractivity contribution < 1.29 is 8.78 Å². The highest BCUT2D eigenvalue weighted by Gasteiger charge is 2.04. The lowest BCUT2D eigenvalue weighted by Gasteiger charge is -1.68. The summed E-state index contributed by atoms with van der Waals surface area (Å²) in [6.07, 6.45) is 0. The first-order valence-electron chi connectivity index (χ1n) is 1.98. The van der Waals surface area contributed by atoms with Crippen LogP contribution in [-0.4, -0.2) is 4.98 Å². The van der Waals surface area contributed by atoms with E-state index in [1.807, 2.05) is 0 Å². The predicted octanol–water partition coefficient (Wildman–Crippen LogP) is 3.00. The lowest BCUT2D eigenvalue weighted by Crippen LogP contribution is -1.73. The van der Waals surface area contributed by atoms with E-state index in [9.17, 15) is 8.78 Å². The van der Waals surface area contributed by atoms with Crippen molar-refractivity contribution in [2.45, 2.75) is 21.8 Å². The maximum atomic E-state index is 11.9. The number of thiazole rings is 1. The Labute approximate surface area is 63.7 Å². The van der Waals surface area contributed by atoms with Crippen LogP contribution in [0.25, 0.3) is 0 Å². The van der Waals surface area contributed by atoms with E-state index < -0.39 is 11.1 Å². The van der Waals surface area contributed by atoms with Gasteiger partial charge in [-0.1, -0.05) is 26.2 Å². The zero-order chi connectivity index (χ0) is 6.15. The van der Waals surface area contributed by atoms with Crippen LogP contribution in [0.2, 0.25) is 0 Å². The van der Waals surface area contributed by atoms with Crippen molar-refractivity contribution in [2.75, 3.05) is 0 Å². The summed E-state index contributed by atoms with van der Waals surface area (Å²) in [5, 5.41) is -0.414. The lowest BCUT2D eigenvalue weighted by molar-refractivity contribution is 0.502. The average molecular weight is 167 g/mol. The van der Waals surface area contributed by atoms with Gasteiger partial charge in [0.05, 0.1) is 5.01 Å². The monoisotopic (exact) mass is 167 g/mol. The minimum atomic E-state index is -0.993. The lowest BCUT2D eigenvalue weighted by atomic mass is 10.8. The summed E-state index contributed by atoms with van der Waals surface area (Å²) in [7, 11) is 0. The van der Waals surface area contributed by atoms with E-state index >= 15 is 0 Å². The van der Waals surface area contributed by atoms with Crippen LogP contribution in [0, 0.1) is 18.0 Å². The molecule has 1 aromatic rings. The summed E-state index contributed by atoms with van der Waals surface area (Å²) in [4.78, 5) is 3.19. The van der Waals surface area contributed by atoms with Gasteiger partial charge in [-0.05, 0) is 6.92 Å². The highest BCUT2D eigenvalue weighted by molar-refractivity contribution is 7.09. The highest BCUT2D eigenvalue weighted by Crippen LogP contribution is 2.12. The zero-order valence-corrected chi connectivity index (χ0v) is 4.93. The van der Waals surface area contributed by atoms with Gasteiger partial charge in [0.1, 0.15) is 0 Å². The van der Waals surface area contributed by atoms with Crippen LogP contribution >= 0.6 is 11.3 Å². The highest BCUT2D eigenvalue weighted by atomic mass is 32.1. The Morgan fingerprint density at radius 3 is 1.90 bits per heavy atom. The molecular weight excluding hydrogens is 156 g/mol. The Hall–Kier alpha value is -0.510. The molecule has 0 amide bonds. The summed E-state index contributed by atoms with van der Waals surface area (Å²) >= 11 is 0.716. The van der Waals surface area contributed by atoms with Gasteiger partial charge in [-0.15, -0.1) is 0 Å². The first-order valence-corrected chi connectivity index (χ1v) is 2.80. The van der Waals surface area contributed by atoms with E-state index in [2.05, 4.69) is 4.98 Å². The van der Waals surface area contributed by atoms with Gasteiger partial charge in [-0.2, -0.15) is 8.78 Å². The molecule has 1 nitrogen and oxygen atoms in total.